The highest BCUT2D eigenvalue weighted by Gasteiger charge is 2.06. The molecular weight excluding hydrogens is 172 g/mol. The van der Waals surface area contributed by atoms with Crippen LogP contribution < -0.4 is 0 Å². The lowest BCUT2D eigenvalue weighted by Crippen LogP contribution is -2.11. The molecular formula is C9H12O4. The molecule has 0 bridgehead atoms. The number of furan rings is 1. The van der Waals surface area contributed by atoms with E-state index in [1.807, 2.05) is 0 Å². The zero-order valence-corrected chi connectivity index (χ0v) is 7.49. The molecule has 0 aliphatic carbocycles. The summed E-state index contributed by atoms with van der Waals surface area (Å²) in [4.78, 5) is 11.2. The first kappa shape index (κ1) is 9.95. The molecule has 0 atom stereocenters. The van der Waals surface area contributed by atoms with Crippen molar-refractivity contribution in [2.24, 2.45) is 0 Å². The van der Waals surface area contributed by atoms with Gasteiger partial charge in [0.2, 0.25) is 0 Å². The monoisotopic (exact) mass is 184 g/mol. The van der Waals surface area contributed by atoms with Crippen LogP contribution >= 0.6 is 0 Å². The molecule has 0 aliphatic rings. The summed E-state index contributed by atoms with van der Waals surface area (Å²) >= 11 is 0. The van der Waals surface area contributed by atoms with E-state index in [0.717, 1.165) is 0 Å². The SMILES string of the molecule is COCCOCC(=O)c1ccoc1. The maximum atomic E-state index is 11.2. The van der Waals surface area contributed by atoms with Crippen molar-refractivity contribution in [3.05, 3.63) is 24.2 Å². The van der Waals surface area contributed by atoms with E-state index in [-0.39, 0.29) is 12.4 Å². The van der Waals surface area contributed by atoms with Gasteiger partial charge < -0.3 is 13.9 Å². The van der Waals surface area contributed by atoms with Crippen LogP contribution in [0.3, 0.4) is 0 Å². The molecule has 72 valence electrons. The van der Waals surface area contributed by atoms with Gasteiger partial charge in [-0.25, -0.2) is 0 Å². The lowest BCUT2D eigenvalue weighted by Gasteiger charge is -2.00. The summed E-state index contributed by atoms with van der Waals surface area (Å²) in [5.74, 6) is -0.0788. The minimum atomic E-state index is -0.0788. The summed E-state index contributed by atoms with van der Waals surface area (Å²) in [6.45, 7) is 1.00. The Bertz CT molecular complexity index is 240. The molecule has 1 heterocycles. The second-order valence-electron chi connectivity index (χ2n) is 2.48. The summed E-state index contributed by atoms with van der Waals surface area (Å²) < 4.78 is 14.6. The van der Waals surface area contributed by atoms with E-state index in [2.05, 4.69) is 0 Å². The number of methoxy groups -OCH3 is 1. The zero-order valence-electron chi connectivity index (χ0n) is 7.49. The summed E-state index contributed by atoms with van der Waals surface area (Å²) in [7, 11) is 1.58. The number of carbonyl (C=O) groups is 1. The summed E-state index contributed by atoms with van der Waals surface area (Å²) in [6, 6.07) is 1.61. The predicted molar refractivity (Wildman–Crippen MR) is 45.7 cm³/mol. The van der Waals surface area contributed by atoms with Gasteiger partial charge in [-0.1, -0.05) is 0 Å². The Morgan fingerprint density at radius 3 is 3.00 bits per heavy atom. The number of ketones is 1. The highest BCUT2D eigenvalue weighted by atomic mass is 16.5. The maximum Gasteiger partial charge on any atom is 0.191 e. The average molecular weight is 184 g/mol. The average Bonchev–Trinajstić information content (AvgIpc) is 2.65. The lowest BCUT2D eigenvalue weighted by atomic mass is 10.2. The van der Waals surface area contributed by atoms with Crippen LogP contribution in [-0.2, 0) is 9.47 Å². The van der Waals surface area contributed by atoms with Crippen molar-refractivity contribution >= 4 is 5.78 Å². The van der Waals surface area contributed by atoms with Gasteiger partial charge in [-0.3, -0.25) is 4.79 Å². The predicted octanol–water partition coefficient (Wildman–Crippen LogP) is 1.13. The van der Waals surface area contributed by atoms with Crippen LogP contribution in [0, 0.1) is 0 Å². The molecule has 0 unspecified atom stereocenters. The van der Waals surface area contributed by atoms with E-state index in [9.17, 15) is 4.79 Å². The molecule has 0 saturated carbocycles. The summed E-state index contributed by atoms with van der Waals surface area (Å²) in [5.41, 5.74) is 0.539. The number of Topliss-reactive ketones (excluding diaryl/α,β-unsaturated/α-hetero) is 1. The third-order valence-corrected chi connectivity index (χ3v) is 1.51. The molecule has 1 aromatic heterocycles. The number of ether oxygens (including phenoxy) is 2. The molecule has 0 N–H and O–H groups in total. The Labute approximate surface area is 76.4 Å². The van der Waals surface area contributed by atoms with Gasteiger partial charge in [0.15, 0.2) is 5.78 Å². The zero-order chi connectivity index (χ0) is 9.52. The summed E-state index contributed by atoms with van der Waals surface area (Å²) in [6.07, 6.45) is 2.87. The number of carbonyl (C=O) groups excluding carboxylic acids is 1. The third kappa shape index (κ3) is 3.40. The van der Waals surface area contributed by atoms with Crippen molar-refractivity contribution in [3.63, 3.8) is 0 Å². The van der Waals surface area contributed by atoms with Gasteiger partial charge in [0, 0.05) is 7.11 Å². The van der Waals surface area contributed by atoms with Crippen molar-refractivity contribution in [1.82, 2.24) is 0 Å². The Morgan fingerprint density at radius 2 is 2.38 bits per heavy atom. The largest absolute Gasteiger partial charge is 0.472 e. The molecule has 1 rings (SSSR count). The van der Waals surface area contributed by atoms with E-state index in [0.29, 0.717) is 18.8 Å². The highest BCUT2D eigenvalue weighted by Crippen LogP contribution is 2.00. The molecule has 1 aromatic rings. The lowest BCUT2D eigenvalue weighted by molar-refractivity contribution is 0.0576. The van der Waals surface area contributed by atoms with Crippen molar-refractivity contribution in [2.45, 2.75) is 0 Å². The first-order valence-electron chi connectivity index (χ1n) is 3.96. The number of rotatable bonds is 6. The van der Waals surface area contributed by atoms with Gasteiger partial charge in [0.05, 0.1) is 25.0 Å². The van der Waals surface area contributed by atoms with Gasteiger partial charge in [0.1, 0.15) is 12.9 Å². The molecule has 4 heteroatoms. The second-order valence-corrected chi connectivity index (χ2v) is 2.48. The van der Waals surface area contributed by atoms with Crippen LogP contribution in [0.5, 0.6) is 0 Å². The second kappa shape index (κ2) is 5.50. The highest BCUT2D eigenvalue weighted by molar-refractivity contribution is 5.96. The van der Waals surface area contributed by atoms with Gasteiger partial charge in [-0.15, -0.1) is 0 Å². The van der Waals surface area contributed by atoms with Crippen LogP contribution in [0.2, 0.25) is 0 Å². The molecule has 13 heavy (non-hydrogen) atoms. The molecule has 0 aliphatic heterocycles. The molecule has 4 nitrogen and oxygen atoms in total. The van der Waals surface area contributed by atoms with E-state index in [1.165, 1.54) is 12.5 Å². The Balaban J connectivity index is 2.19. The third-order valence-electron chi connectivity index (χ3n) is 1.51. The standard InChI is InChI=1S/C9H12O4/c1-11-4-5-13-7-9(10)8-2-3-12-6-8/h2-3,6H,4-5,7H2,1H3. The summed E-state index contributed by atoms with van der Waals surface area (Å²) in [5, 5.41) is 0. The van der Waals surface area contributed by atoms with Crippen LogP contribution in [0.1, 0.15) is 10.4 Å². The normalized spacial score (nSPS) is 10.2. The minimum Gasteiger partial charge on any atom is -0.472 e. The maximum absolute atomic E-state index is 11.2. The fourth-order valence-electron chi connectivity index (χ4n) is 0.814. The Hall–Kier alpha value is -1.13. The van der Waals surface area contributed by atoms with Crippen molar-refractivity contribution in [1.29, 1.82) is 0 Å². The fraction of sp³-hybridized carbons (Fsp3) is 0.444. The van der Waals surface area contributed by atoms with E-state index < -0.39 is 0 Å². The molecule has 0 spiro atoms. The van der Waals surface area contributed by atoms with Gasteiger partial charge in [-0.05, 0) is 6.07 Å². The van der Waals surface area contributed by atoms with E-state index in [1.54, 1.807) is 13.2 Å². The minimum absolute atomic E-state index is 0.0723. The van der Waals surface area contributed by atoms with Crippen molar-refractivity contribution < 1.29 is 18.7 Å². The molecule has 0 saturated heterocycles. The van der Waals surface area contributed by atoms with Crippen molar-refractivity contribution in [3.8, 4) is 0 Å². The van der Waals surface area contributed by atoms with Gasteiger partial charge >= 0.3 is 0 Å². The molecule has 0 amide bonds. The molecule has 0 aromatic carbocycles. The van der Waals surface area contributed by atoms with Crippen LogP contribution in [0.25, 0.3) is 0 Å². The number of hydrogen-bond donors (Lipinski definition) is 0. The van der Waals surface area contributed by atoms with E-state index in [4.69, 9.17) is 13.9 Å². The Kier molecular flexibility index (Phi) is 4.21. The van der Waals surface area contributed by atoms with E-state index >= 15 is 0 Å². The Morgan fingerprint density at radius 1 is 1.54 bits per heavy atom. The van der Waals surface area contributed by atoms with Crippen molar-refractivity contribution in [2.75, 3.05) is 26.9 Å². The van der Waals surface area contributed by atoms with Crippen LogP contribution in [-0.4, -0.2) is 32.7 Å². The first-order valence-corrected chi connectivity index (χ1v) is 3.96. The smallest absolute Gasteiger partial charge is 0.191 e. The molecule has 0 fully saturated rings. The van der Waals surface area contributed by atoms with Gasteiger partial charge in [-0.2, -0.15) is 0 Å². The number of hydrogen-bond acceptors (Lipinski definition) is 4. The van der Waals surface area contributed by atoms with Crippen LogP contribution in [0.15, 0.2) is 23.0 Å². The topological polar surface area (TPSA) is 48.7 Å². The van der Waals surface area contributed by atoms with Crippen LogP contribution in [0.4, 0.5) is 0 Å². The van der Waals surface area contributed by atoms with Gasteiger partial charge in [0.25, 0.3) is 0 Å². The first-order chi connectivity index (χ1) is 6.34. The quantitative estimate of drug-likeness (QED) is 0.491. The molecule has 0 radical (unpaired) electrons. The fourth-order valence-corrected chi connectivity index (χ4v) is 0.814.